The number of esters is 1. The van der Waals surface area contributed by atoms with Crippen LogP contribution in [0.15, 0.2) is 35.7 Å². The fraction of sp³-hybridized carbons (Fsp3) is 0.417. The number of piperidine rings is 1. The van der Waals surface area contributed by atoms with Crippen LogP contribution >= 0.6 is 11.3 Å². The molecule has 7 nitrogen and oxygen atoms in total. The van der Waals surface area contributed by atoms with E-state index in [0.29, 0.717) is 25.4 Å². The molecule has 0 spiro atoms. The highest BCUT2D eigenvalue weighted by molar-refractivity contribution is 7.09. The number of hydrogen-bond acceptors (Lipinski definition) is 6. The number of likely N-dealkylation sites (tertiary alicyclic amines) is 1. The highest BCUT2D eigenvalue weighted by Gasteiger charge is 2.26. The number of aromatic nitrogens is 1. The first kappa shape index (κ1) is 23.5. The van der Waals surface area contributed by atoms with E-state index in [1.54, 1.807) is 24.1 Å². The average molecular weight is 454 g/mol. The van der Waals surface area contributed by atoms with E-state index in [9.17, 15) is 14.4 Å². The zero-order valence-electron chi connectivity index (χ0n) is 18.3. The molecular weight excluding hydrogens is 426 g/mol. The lowest BCUT2D eigenvalue weighted by molar-refractivity contribution is -0.143. The monoisotopic (exact) mass is 453 g/mol. The van der Waals surface area contributed by atoms with Crippen molar-refractivity contribution >= 4 is 29.1 Å². The number of thiazole rings is 1. The predicted octanol–water partition coefficient (Wildman–Crippen LogP) is 2.97. The third-order valence-electron chi connectivity index (χ3n) is 5.13. The second-order valence-corrected chi connectivity index (χ2v) is 8.53. The van der Waals surface area contributed by atoms with Gasteiger partial charge in [-0.05, 0) is 38.8 Å². The number of carbonyl (C=O) groups is 3. The number of nitrogens with zero attached hydrogens (tertiary/aromatic N) is 2. The van der Waals surface area contributed by atoms with Crippen LogP contribution in [0.2, 0.25) is 0 Å². The van der Waals surface area contributed by atoms with Crippen molar-refractivity contribution in [3.05, 3.63) is 52.0 Å². The van der Waals surface area contributed by atoms with Gasteiger partial charge in [-0.15, -0.1) is 11.3 Å². The fourth-order valence-corrected chi connectivity index (χ4v) is 4.43. The summed E-state index contributed by atoms with van der Waals surface area (Å²) in [5.74, 6) is 5.04. The zero-order chi connectivity index (χ0) is 22.9. The lowest BCUT2D eigenvalue weighted by Gasteiger charge is -2.29. The molecule has 1 unspecified atom stereocenters. The van der Waals surface area contributed by atoms with Crippen LogP contribution < -0.4 is 5.32 Å². The van der Waals surface area contributed by atoms with Crippen molar-refractivity contribution in [1.82, 2.24) is 15.2 Å². The molecule has 2 heterocycles. The Bertz CT molecular complexity index is 1000. The first-order valence-electron chi connectivity index (χ1n) is 10.7. The second-order valence-electron chi connectivity index (χ2n) is 7.64. The summed E-state index contributed by atoms with van der Waals surface area (Å²) in [6.07, 6.45) is 1.69. The second kappa shape index (κ2) is 11.4. The molecule has 2 amide bonds. The molecule has 1 saturated heterocycles. The van der Waals surface area contributed by atoms with Gasteiger partial charge in [-0.25, -0.2) is 4.98 Å². The molecule has 1 aliphatic heterocycles. The lowest BCUT2D eigenvalue weighted by Crippen LogP contribution is -2.37. The summed E-state index contributed by atoms with van der Waals surface area (Å²) < 4.78 is 4.91. The molecule has 3 rings (SSSR count). The molecule has 1 aromatic heterocycles. The van der Waals surface area contributed by atoms with Crippen LogP contribution in [0.4, 0.5) is 0 Å². The SMILES string of the molecule is CCOC(=O)CC(C)NC(=O)c1csc(C2CCN(C(=O)C#Cc3ccccc3)CC2)n1. The maximum absolute atomic E-state index is 12.4. The van der Waals surface area contributed by atoms with Gasteiger partial charge in [0.15, 0.2) is 0 Å². The number of ether oxygens (including phenoxy) is 1. The first-order valence-corrected chi connectivity index (χ1v) is 11.6. The minimum absolute atomic E-state index is 0.121. The molecule has 1 N–H and O–H groups in total. The van der Waals surface area contributed by atoms with Crippen LogP contribution in [0.5, 0.6) is 0 Å². The topological polar surface area (TPSA) is 88.6 Å². The molecule has 32 heavy (non-hydrogen) atoms. The van der Waals surface area contributed by atoms with E-state index >= 15 is 0 Å². The molecule has 0 bridgehead atoms. The van der Waals surface area contributed by atoms with E-state index < -0.39 is 0 Å². The molecule has 2 aromatic rings. The van der Waals surface area contributed by atoms with Crippen LogP contribution in [0.25, 0.3) is 0 Å². The molecule has 1 aromatic carbocycles. The summed E-state index contributed by atoms with van der Waals surface area (Å²) in [5, 5.41) is 5.43. The highest BCUT2D eigenvalue weighted by Crippen LogP contribution is 2.30. The van der Waals surface area contributed by atoms with Gasteiger partial charge in [-0.3, -0.25) is 14.4 Å². The largest absolute Gasteiger partial charge is 0.466 e. The fourth-order valence-electron chi connectivity index (χ4n) is 3.45. The zero-order valence-corrected chi connectivity index (χ0v) is 19.1. The smallest absolute Gasteiger partial charge is 0.307 e. The van der Waals surface area contributed by atoms with Crippen LogP contribution in [0, 0.1) is 11.8 Å². The van der Waals surface area contributed by atoms with Gasteiger partial charge in [0.05, 0.1) is 18.0 Å². The normalized spacial score (nSPS) is 14.8. The Balaban J connectivity index is 1.49. The summed E-state index contributed by atoms with van der Waals surface area (Å²) in [6.45, 7) is 5.06. The first-order chi connectivity index (χ1) is 15.5. The van der Waals surface area contributed by atoms with Crippen LogP contribution in [0.1, 0.15) is 60.1 Å². The number of hydrogen-bond donors (Lipinski definition) is 1. The molecule has 1 aliphatic rings. The number of rotatable bonds is 6. The Hall–Kier alpha value is -3.18. The highest BCUT2D eigenvalue weighted by atomic mass is 32.1. The maximum Gasteiger partial charge on any atom is 0.307 e. The van der Waals surface area contributed by atoms with Crippen molar-refractivity contribution in [3.63, 3.8) is 0 Å². The van der Waals surface area contributed by atoms with Gasteiger partial charge >= 0.3 is 5.97 Å². The maximum atomic E-state index is 12.4. The van der Waals surface area contributed by atoms with Crippen LogP contribution in [0.3, 0.4) is 0 Å². The van der Waals surface area contributed by atoms with Gasteiger partial charge in [-0.2, -0.15) is 0 Å². The van der Waals surface area contributed by atoms with E-state index in [4.69, 9.17) is 4.74 Å². The molecular formula is C24H27N3O4S. The van der Waals surface area contributed by atoms with Crippen LogP contribution in [-0.4, -0.2) is 53.4 Å². The lowest BCUT2D eigenvalue weighted by atomic mass is 9.97. The Morgan fingerprint density at radius 1 is 1.25 bits per heavy atom. The molecule has 168 valence electrons. The molecule has 1 atom stereocenters. The number of nitrogens with one attached hydrogen (secondary N) is 1. The predicted molar refractivity (Wildman–Crippen MR) is 122 cm³/mol. The van der Waals surface area contributed by atoms with Gasteiger partial charge in [0.25, 0.3) is 11.8 Å². The van der Waals surface area contributed by atoms with Crippen LogP contribution in [-0.2, 0) is 14.3 Å². The summed E-state index contributed by atoms with van der Waals surface area (Å²) in [4.78, 5) is 42.6. The van der Waals surface area contributed by atoms with E-state index in [-0.39, 0.29) is 36.2 Å². The summed E-state index contributed by atoms with van der Waals surface area (Å²) >= 11 is 1.46. The Morgan fingerprint density at radius 3 is 2.66 bits per heavy atom. The molecule has 0 aliphatic carbocycles. The molecule has 1 fully saturated rings. The van der Waals surface area contributed by atoms with Gasteiger partial charge in [-0.1, -0.05) is 24.1 Å². The third-order valence-corrected chi connectivity index (χ3v) is 6.14. The molecule has 0 saturated carbocycles. The quantitative estimate of drug-likeness (QED) is 0.537. The number of amides is 2. The minimum Gasteiger partial charge on any atom is -0.466 e. The summed E-state index contributed by atoms with van der Waals surface area (Å²) in [7, 11) is 0. The van der Waals surface area contributed by atoms with Gasteiger partial charge < -0.3 is 15.0 Å². The summed E-state index contributed by atoms with van der Waals surface area (Å²) in [6, 6.07) is 9.11. The van der Waals surface area contributed by atoms with Crippen molar-refractivity contribution in [3.8, 4) is 11.8 Å². The van der Waals surface area contributed by atoms with Crippen molar-refractivity contribution in [2.24, 2.45) is 0 Å². The van der Waals surface area contributed by atoms with E-state index in [1.807, 2.05) is 30.3 Å². The molecule has 0 radical (unpaired) electrons. The number of benzene rings is 1. The van der Waals surface area contributed by atoms with E-state index in [2.05, 4.69) is 22.1 Å². The van der Waals surface area contributed by atoms with Gasteiger partial charge in [0.1, 0.15) is 5.69 Å². The Kier molecular flexibility index (Phi) is 8.40. The minimum atomic E-state index is -0.339. The van der Waals surface area contributed by atoms with Crippen molar-refractivity contribution < 1.29 is 19.1 Å². The number of carbonyl (C=O) groups excluding carboxylic acids is 3. The standard InChI is InChI=1S/C24H27N3O4S/c1-3-31-22(29)15-17(2)25-23(30)20-16-32-24(26-20)19-11-13-27(14-12-19)21(28)10-9-18-7-5-4-6-8-18/h4-8,16-17,19H,3,11-15H2,1-2H3,(H,25,30). The summed E-state index contributed by atoms with van der Waals surface area (Å²) in [5.41, 5.74) is 1.17. The third kappa shape index (κ3) is 6.66. The average Bonchev–Trinajstić information content (AvgIpc) is 3.29. The van der Waals surface area contributed by atoms with Crippen molar-refractivity contribution in [2.75, 3.05) is 19.7 Å². The van der Waals surface area contributed by atoms with Crippen molar-refractivity contribution in [1.29, 1.82) is 0 Å². The van der Waals surface area contributed by atoms with E-state index in [1.165, 1.54) is 11.3 Å². The van der Waals surface area contributed by atoms with E-state index in [0.717, 1.165) is 23.4 Å². The van der Waals surface area contributed by atoms with Crippen molar-refractivity contribution in [2.45, 2.75) is 45.1 Å². The molecule has 8 heteroatoms. The van der Waals surface area contributed by atoms with Gasteiger partial charge in [0, 0.05) is 41.9 Å². The Morgan fingerprint density at radius 2 is 1.97 bits per heavy atom. The Labute approximate surface area is 192 Å². The van der Waals surface area contributed by atoms with Gasteiger partial charge in [0.2, 0.25) is 0 Å².